The van der Waals surface area contributed by atoms with Gasteiger partial charge in [-0.25, -0.2) is 0 Å². The quantitative estimate of drug-likeness (QED) is 0.189. The molecule has 0 saturated carbocycles. The lowest BCUT2D eigenvalue weighted by atomic mass is 9.80. The highest BCUT2D eigenvalue weighted by Crippen LogP contribution is 2.52. The van der Waals surface area contributed by atoms with Gasteiger partial charge < -0.3 is 4.90 Å². The summed E-state index contributed by atoms with van der Waals surface area (Å²) in [5.74, 6) is 0. The van der Waals surface area contributed by atoms with Gasteiger partial charge in [0.15, 0.2) is 0 Å². The van der Waals surface area contributed by atoms with Crippen LogP contribution in [0.1, 0.15) is 37.0 Å². The Labute approximate surface area is 265 Å². The topological polar surface area (TPSA) is 3.24 Å². The Morgan fingerprint density at radius 2 is 1.20 bits per heavy atom. The van der Waals surface area contributed by atoms with E-state index in [0.717, 1.165) is 19.4 Å². The number of hydrogen-bond donors (Lipinski definition) is 0. The van der Waals surface area contributed by atoms with Crippen LogP contribution in [-0.4, -0.2) is 6.54 Å². The van der Waals surface area contributed by atoms with E-state index in [4.69, 9.17) is 0 Å². The monoisotopic (exact) mass is 577 g/mol. The summed E-state index contributed by atoms with van der Waals surface area (Å²) >= 11 is 0. The molecule has 1 heteroatoms. The first-order valence-electron chi connectivity index (χ1n) is 16.2. The molecule has 1 nitrogen and oxygen atoms in total. The van der Waals surface area contributed by atoms with Gasteiger partial charge in [0, 0.05) is 28.4 Å². The van der Waals surface area contributed by atoms with E-state index in [2.05, 4.69) is 158 Å². The average molecular weight is 578 g/mol. The van der Waals surface area contributed by atoms with Gasteiger partial charge in [-0.3, -0.25) is 0 Å². The molecule has 45 heavy (non-hydrogen) atoms. The van der Waals surface area contributed by atoms with Crippen LogP contribution < -0.4 is 4.90 Å². The van der Waals surface area contributed by atoms with Gasteiger partial charge in [0.2, 0.25) is 0 Å². The van der Waals surface area contributed by atoms with Gasteiger partial charge in [-0.2, -0.15) is 0 Å². The summed E-state index contributed by atoms with van der Waals surface area (Å²) in [5.41, 5.74) is 14.7. The van der Waals surface area contributed by atoms with Gasteiger partial charge in [0.25, 0.3) is 0 Å². The highest BCUT2D eigenvalue weighted by Gasteiger charge is 2.35. The molecule has 216 valence electrons. The van der Waals surface area contributed by atoms with E-state index < -0.39 is 0 Å². The number of rotatable bonds is 3. The molecule has 1 heterocycles. The maximum atomic E-state index is 2.60. The van der Waals surface area contributed by atoms with Crippen molar-refractivity contribution in [3.05, 3.63) is 156 Å². The van der Waals surface area contributed by atoms with Gasteiger partial charge in [0.1, 0.15) is 0 Å². The first-order valence-corrected chi connectivity index (χ1v) is 16.2. The van der Waals surface area contributed by atoms with Gasteiger partial charge in [-0.15, -0.1) is 0 Å². The number of hydrogen-bond acceptors (Lipinski definition) is 1. The fourth-order valence-corrected chi connectivity index (χ4v) is 8.19. The van der Waals surface area contributed by atoms with Crippen molar-refractivity contribution in [2.75, 3.05) is 11.4 Å². The molecule has 0 atom stereocenters. The second-order valence-corrected chi connectivity index (χ2v) is 13.2. The number of nitrogens with zero attached hydrogens (tertiary/aromatic N) is 1. The third-order valence-corrected chi connectivity index (χ3v) is 10.4. The van der Waals surface area contributed by atoms with E-state index >= 15 is 0 Å². The van der Waals surface area contributed by atoms with Crippen LogP contribution in [0.3, 0.4) is 0 Å². The minimum Gasteiger partial charge on any atom is -0.340 e. The highest BCUT2D eigenvalue weighted by molar-refractivity contribution is 6.22. The third-order valence-electron chi connectivity index (χ3n) is 10.4. The lowest BCUT2D eigenvalue weighted by Crippen LogP contribution is -2.25. The summed E-state index contributed by atoms with van der Waals surface area (Å²) < 4.78 is 0. The molecule has 1 aliphatic carbocycles. The second-order valence-electron chi connectivity index (χ2n) is 13.2. The van der Waals surface area contributed by atoms with Crippen molar-refractivity contribution < 1.29 is 0 Å². The normalized spacial score (nSPS) is 14.8. The predicted octanol–water partition coefficient (Wildman–Crippen LogP) is 11.7. The maximum Gasteiger partial charge on any atom is 0.0570 e. The molecule has 7 aromatic carbocycles. The fourth-order valence-electron chi connectivity index (χ4n) is 8.19. The van der Waals surface area contributed by atoms with Crippen LogP contribution >= 0.6 is 0 Å². The molecule has 0 fully saturated rings. The SMILES string of the molecule is CC1(C)c2ccccc2-c2ccc(-c3c4ccccc4c(N4CCCc5ccccc54)c4ccc(-c5ccccc5)cc34)cc21. The van der Waals surface area contributed by atoms with Crippen molar-refractivity contribution in [1.29, 1.82) is 0 Å². The van der Waals surface area contributed by atoms with Gasteiger partial charge in [-0.1, -0.05) is 135 Å². The summed E-state index contributed by atoms with van der Waals surface area (Å²) in [6.45, 7) is 5.77. The third kappa shape index (κ3) is 3.93. The molecule has 0 radical (unpaired) electrons. The van der Waals surface area contributed by atoms with Crippen molar-refractivity contribution in [2.45, 2.75) is 32.1 Å². The molecule has 2 aliphatic rings. The Bertz CT molecular complexity index is 2270. The zero-order chi connectivity index (χ0) is 30.1. The number of benzene rings is 7. The molecule has 0 spiro atoms. The zero-order valence-electron chi connectivity index (χ0n) is 25.8. The summed E-state index contributed by atoms with van der Waals surface area (Å²) in [6, 6.07) is 52.2. The molecular weight excluding hydrogens is 542 g/mol. The standard InChI is InChI=1S/C44H35N/c1-44(2)39-20-10-9-17-33(39)34-24-23-32(28-40(34)44)42-35-18-7-8-19-36(35)43(45-26-12-16-30-15-6-11-21-41(30)45)37-25-22-31(27-38(37)42)29-13-4-3-5-14-29/h3-11,13-15,17-25,27-28H,12,16,26H2,1-2H3. The summed E-state index contributed by atoms with van der Waals surface area (Å²) in [5, 5.41) is 5.23. The van der Waals surface area contributed by atoms with E-state index in [0.29, 0.717) is 0 Å². The molecular formula is C44H35N. The number of aryl methyl sites for hydroxylation is 1. The smallest absolute Gasteiger partial charge is 0.0570 e. The van der Waals surface area contributed by atoms with Crippen molar-refractivity contribution in [3.63, 3.8) is 0 Å². The lowest BCUT2D eigenvalue weighted by molar-refractivity contribution is 0.660. The van der Waals surface area contributed by atoms with Crippen molar-refractivity contribution >= 4 is 32.9 Å². The highest BCUT2D eigenvalue weighted by atomic mass is 15.1. The van der Waals surface area contributed by atoms with Gasteiger partial charge in [0.05, 0.1) is 5.69 Å². The maximum absolute atomic E-state index is 2.60. The Morgan fingerprint density at radius 3 is 2.09 bits per heavy atom. The zero-order valence-corrected chi connectivity index (χ0v) is 25.8. The number of para-hydroxylation sites is 1. The van der Waals surface area contributed by atoms with E-state index in [1.54, 1.807) is 0 Å². The van der Waals surface area contributed by atoms with Crippen molar-refractivity contribution in [2.24, 2.45) is 0 Å². The molecule has 0 aromatic heterocycles. The van der Waals surface area contributed by atoms with Crippen LogP contribution in [0.4, 0.5) is 11.4 Å². The minimum absolute atomic E-state index is 0.0554. The summed E-state index contributed by atoms with van der Waals surface area (Å²) in [4.78, 5) is 2.60. The van der Waals surface area contributed by atoms with Gasteiger partial charge in [-0.05, 0) is 91.9 Å². The Kier molecular flexibility index (Phi) is 5.80. The molecule has 0 bridgehead atoms. The molecule has 9 rings (SSSR count). The molecule has 0 saturated heterocycles. The van der Waals surface area contributed by atoms with Gasteiger partial charge >= 0.3 is 0 Å². The molecule has 7 aromatic rings. The fraction of sp³-hybridized carbons (Fsp3) is 0.136. The molecule has 0 N–H and O–H groups in total. The van der Waals surface area contributed by atoms with Crippen LogP contribution in [0.25, 0.3) is 54.9 Å². The Morgan fingerprint density at radius 1 is 0.511 bits per heavy atom. The first kappa shape index (κ1) is 26.3. The number of fused-ring (bicyclic) bond motifs is 6. The average Bonchev–Trinajstić information content (AvgIpc) is 3.32. The van der Waals surface area contributed by atoms with Crippen LogP contribution in [0.5, 0.6) is 0 Å². The minimum atomic E-state index is -0.0554. The van der Waals surface area contributed by atoms with Crippen molar-refractivity contribution in [3.8, 4) is 33.4 Å². The largest absolute Gasteiger partial charge is 0.340 e. The van der Waals surface area contributed by atoms with Crippen LogP contribution in [0.15, 0.2) is 140 Å². The van der Waals surface area contributed by atoms with Crippen molar-refractivity contribution in [1.82, 2.24) is 0 Å². The molecule has 0 unspecified atom stereocenters. The Hall–Kier alpha value is -5.14. The predicted molar refractivity (Wildman–Crippen MR) is 192 cm³/mol. The second kappa shape index (κ2) is 9.94. The first-order chi connectivity index (χ1) is 22.1. The van der Waals surface area contributed by atoms with Crippen LogP contribution in [0.2, 0.25) is 0 Å². The van der Waals surface area contributed by atoms with E-state index in [1.165, 1.54) is 83.0 Å². The summed E-state index contributed by atoms with van der Waals surface area (Å²) in [6.07, 6.45) is 2.28. The summed E-state index contributed by atoms with van der Waals surface area (Å²) in [7, 11) is 0. The van der Waals surface area contributed by atoms with E-state index in [9.17, 15) is 0 Å². The lowest BCUT2D eigenvalue weighted by Gasteiger charge is -2.34. The molecule has 0 amide bonds. The van der Waals surface area contributed by atoms with E-state index in [1.807, 2.05) is 0 Å². The molecule has 1 aliphatic heterocycles. The van der Waals surface area contributed by atoms with Crippen LogP contribution in [-0.2, 0) is 11.8 Å². The number of anilines is 2. The Balaban J connectivity index is 1.37. The van der Waals surface area contributed by atoms with E-state index in [-0.39, 0.29) is 5.41 Å². The van der Waals surface area contributed by atoms with Crippen LogP contribution in [0, 0.1) is 0 Å².